The third-order valence-electron chi connectivity index (χ3n) is 3.32. The molecule has 0 saturated heterocycles. The van der Waals surface area contributed by atoms with Crippen LogP contribution in [0.3, 0.4) is 0 Å². The Bertz CT molecular complexity index is 578. The lowest BCUT2D eigenvalue weighted by Gasteiger charge is -2.21. The molecule has 2 aromatic rings. The zero-order chi connectivity index (χ0) is 16.3. The Morgan fingerprint density at radius 3 is 2.35 bits per heavy atom. The highest BCUT2D eigenvalue weighted by Crippen LogP contribution is 2.17. The van der Waals surface area contributed by atoms with Crippen LogP contribution in [0.5, 0.6) is 5.75 Å². The van der Waals surface area contributed by atoms with E-state index in [0.29, 0.717) is 18.3 Å². The summed E-state index contributed by atoms with van der Waals surface area (Å²) in [6.45, 7) is 1.07. The van der Waals surface area contributed by atoms with E-state index < -0.39 is 0 Å². The Kier molecular flexibility index (Phi) is 7.36. The van der Waals surface area contributed by atoms with Gasteiger partial charge in [-0.3, -0.25) is 0 Å². The van der Waals surface area contributed by atoms with Gasteiger partial charge >= 0.3 is 0 Å². The maximum absolute atomic E-state index is 8.86. The van der Waals surface area contributed by atoms with Crippen LogP contribution in [0.4, 0.5) is 0 Å². The van der Waals surface area contributed by atoms with Crippen LogP contribution in [0.15, 0.2) is 60.7 Å². The molecule has 0 spiro atoms. The normalized spacial score (nSPS) is 11.5. The smallest absolute Gasteiger partial charge is 0.166 e. The summed E-state index contributed by atoms with van der Waals surface area (Å²) in [4.78, 5) is 0. The van der Waals surface area contributed by atoms with Crippen molar-refractivity contribution in [2.45, 2.75) is 12.5 Å². The molecule has 0 radical (unpaired) electrons. The molecule has 4 nitrogen and oxygen atoms in total. The molecule has 1 atom stereocenters. The number of ether oxygens (including phenoxy) is 1. The molecule has 0 aliphatic heterocycles. The van der Waals surface area contributed by atoms with Gasteiger partial charge < -0.3 is 20.5 Å². The van der Waals surface area contributed by atoms with E-state index in [4.69, 9.17) is 22.1 Å². The summed E-state index contributed by atoms with van der Waals surface area (Å²) in [5.41, 5.74) is 1.15. The van der Waals surface area contributed by atoms with Gasteiger partial charge in [-0.1, -0.05) is 48.5 Å². The molecule has 0 aromatic heterocycles. The van der Waals surface area contributed by atoms with Crippen LogP contribution in [0.2, 0.25) is 0 Å². The summed E-state index contributed by atoms with van der Waals surface area (Å²) in [7, 11) is 0. The second-order valence-electron chi connectivity index (χ2n) is 5.04. The average molecular weight is 330 g/mol. The van der Waals surface area contributed by atoms with E-state index in [1.807, 2.05) is 48.5 Å². The van der Waals surface area contributed by atoms with Gasteiger partial charge in [0.25, 0.3) is 0 Å². The van der Waals surface area contributed by atoms with Gasteiger partial charge in [0.15, 0.2) is 5.11 Å². The molecular formula is C18H22N2O2S. The topological polar surface area (TPSA) is 53.5 Å². The fourth-order valence-electron chi connectivity index (χ4n) is 2.20. The van der Waals surface area contributed by atoms with Gasteiger partial charge in [-0.15, -0.1) is 0 Å². The maximum Gasteiger partial charge on any atom is 0.166 e. The largest absolute Gasteiger partial charge is 0.494 e. The molecule has 2 aromatic carbocycles. The molecular weight excluding hydrogens is 308 g/mol. The molecule has 3 N–H and O–H groups in total. The van der Waals surface area contributed by atoms with Crippen molar-refractivity contribution in [1.29, 1.82) is 0 Å². The molecule has 2 rings (SSSR count). The number of hydrogen-bond donors (Lipinski definition) is 3. The highest BCUT2D eigenvalue weighted by molar-refractivity contribution is 7.80. The zero-order valence-electron chi connectivity index (χ0n) is 12.9. The van der Waals surface area contributed by atoms with Crippen molar-refractivity contribution in [3.05, 3.63) is 66.2 Å². The Balaban J connectivity index is 1.92. The first-order valence-corrected chi connectivity index (χ1v) is 8.08. The first-order valence-electron chi connectivity index (χ1n) is 7.67. The molecule has 23 heavy (non-hydrogen) atoms. The van der Waals surface area contributed by atoms with E-state index in [2.05, 4.69) is 22.8 Å². The lowest BCUT2D eigenvalue weighted by Crippen LogP contribution is -2.39. The van der Waals surface area contributed by atoms with E-state index in [-0.39, 0.29) is 12.6 Å². The Hall–Kier alpha value is -2.11. The predicted octanol–water partition coefficient (Wildman–Crippen LogP) is 2.65. The van der Waals surface area contributed by atoms with E-state index in [1.165, 1.54) is 0 Å². The summed E-state index contributed by atoms with van der Waals surface area (Å²) < 4.78 is 5.78. The molecule has 0 bridgehead atoms. The number of rotatable bonds is 8. The van der Waals surface area contributed by atoms with Crippen molar-refractivity contribution < 1.29 is 9.84 Å². The van der Waals surface area contributed by atoms with Gasteiger partial charge in [0.1, 0.15) is 5.75 Å². The quantitative estimate of drug-likeness (QED) is 0.650. The van der Waals surface area contributed by atoms with E-state index in [9.17, 15) is 0 Å². The van der Waals surface area contributed by atoms with Gasteiger partial charge in [0, 0.05) is 13.0 Å². The molecule has 1 unspecified atom stereocenters. The minimum Gasteiger partial charge on any atom is -0.494 e. The summed E-state index contributed by atoms with van der Waals surface area (Å²) in [5.74, 6) is 0.861. The second-order valence-corrected chi connectivity index (χ2v) is 5.45. The van der Waals surface area contributed by atoms with E-state index >= 15 is 0 Å². The van der Waals surface area contributed by atoms with Crippen molar-refractivity contribution in [2.75, 3.05) is 19.8 Å². The van der Waals surface area contributed by atoms with Gasteiger partial charge in [0.2, 0.25) is 0 Å². The van der Waals surface area contributed by atoms with Gasteiger partial charge in [0.05, 0.1) is 19.3 Å². The number of nitrogens with one attached hydrogen (secondary N) is 2. The Morgan fingerprint density at radius 1 is 1.04 bits per heavy atom. The number of aliphatic hydroxyl groups excluding tert-OH is 1. The highest BCUT2D eigenvalue weighted by atomic mass is 32.1. The predicted molar refractivity (Wildman–Crippen MR) is 96.6 cm³/mol. The Labute approximate surface area is 142 Å². The lowest BCUT2D eigenvalue weighted by atomic mass is 10.0. The van der Waals surface area contributed by atoms with Gasteiger partial charge in [-0.2, -0.15) is 0 Å². The van der Waals surface area contributed by atoms with Crippen LogP contribution in [0, 0.1) is 0 Å². The zero-order valence-corrected chi connectivity index (χ0v) is 13.8. The van der Waals surface area contributed by atoms with E-state index in [0.717, 1.165) is 17.7 Å². The van der Waals surface area contributed by atoms with Crippen LogP contribution < -0.4 is 15.4 Å². The van der Waals surface area contributed by atoms with Crippen molar-refractivity contribution in [3.63, 3.8) is 0 Å². The number of thiocarbonyl (C=S) groups is 1. The molecule has 0 fully saturated rings. The Morgan fingerprint density at radius 2 is 1.70 bits per heavy atom. The molecule has 0 saturated carbocycles. The number of hydrogen-bond acceptors (Lipinski definition) is 3. The number of aliphatic hydroxyl groups is 1. The average Bonchev–Trinajstić information content (AvgIpc) is 2.61. The summed E-state index contributed by atoms with van der Waals surface area (Å²) in [6.07, 6.45) is 0.778. The minimum atomic E-state index is 0.0505. The van der Waals surface area contributed by atoms with E-state index in [1.54, 1.807) is 0 Å². The standard InChI is InChI=1S/C18H22N2O2S/c21-13-12-19-18(23)20-17(15-7-3-1-4-8-15)11-14-22-16-9-5-2-6-10-16/h1-10,17,21H,11-14H2,(H2,19,20,23). The SMILES string of the molecule is OCCNC(=S)NC(CCOc1ccccc1)c1ccccc1. The van der Waals surface area contributed by atoms with Crippen molar-refractivity contribution in [2.24, 2.45) is 0 Å². The summed E-state index contributed by atoms with van der Waals surface area (Å²) in [5, 5.41) is 15.7. The lowest BCUT2D eigenvalue weighted by molar-refractivity contribution is 0.291. The molecule has 0 aliphatic rings. The fraction of sp³-hybridized carbons (Fsp3) is 0.278. The second kappa shape index (κ2) is 9.82. The van der Waals surface area contributed by atoms with Crippen LogP contribution in [0.25, 0.3) is 0 Å². The van der Waals surface area contributed by atoms with Crippen LogP contribution in [-0.4, -0.2) is 30.0 Å². The molecule has 0 aliphatic carbocycles. The van der Waals surface area contributed by atoms with Gasteiger partial charge in [-0.25, -0.2) is 0 Å². The number of benzene rings is 2. The number of para-hydroxylation sites is 1. The maximum atomic E-state index is 8.86. The monoisotopic (exact) mass is 330 g/mol. The third-order valence-corrected chi connectivity index (χ3v) is 3.59. The minimum absolute atomic E-state index is 0.0505. The third kappa shape index (κ3) is 6.26. The van der Waals surface area contributed by atoms with Crippen molar-refractivity contribution >= 4 is 17.3 Å². The molecule has 5 heteroatoms. The molecule has 122 valence electrons. The summed E-state index contributed by atoms with van der Waals surface area (Å²) in [6, 6.07) is 19.9. The van der Waals surface area contributed by atoms with Crippen LogP contribution in [-0.2, 0) is 0 Å². The van der Waals surface area contributed by atoms with Crippen molar-refractivity contribution in [3.8, 4) is 5.75 Å². The first-order chi connectivity index (χ1) is 11.3. The fourth-order valence-corrected chi connectivity index (χ4v) is 2.44. The molecule has 0 amide bonds. The summed E-state index contributed by atoms with van der Waals surface area (Å²) >= 11 is 5.27. The van der Waals surface area contributed by atoms with Crippen molar-refractivity contribution in [1.82, 2.24) is 10.6 Å². The highest BCUT2D eigenvalue weighted by Gasteiger charge is 2.12. The van der Waals surface area contributed by atoms with Crippen LogP contribution >= 0.6 is 12.2 Å². The van der Waals surface area contributed by atoms with Crippen LogP contribution in [0.1, 0.15) is 18.0 Å². The first kappa shape index (κ1) is 17.2. The molecule has 0 heterocycles. The van der Waals surface area contributed by atoms with Gasteiger partial charge in [-0.05, 0) is 29.9 Å².